The molecule has 0 unspecified atom stereocenters. The lowest BCUT2D eigenvalue weighted by Gasteiger charge is -2.36. The van der Waals surface area contributed by atoms with Crippen LogP contribution in [0.1, 0.15) is 36.7 Å². The number of aromatic nitrogens is 2. The molecule has 0 aliphatic carbocycles. The van der Waals surface area contributed by atoms with Gasteiger partial charge in [-0.05, 0) is 18.4 Å². The molecule has 5 rings (SSSR count). The highest BCUT2D eigenvalue weighted by Gasteiger charge is 2.40. The van der Waals surface area contributed by atoms with Gasteiger partial charge in [-0.15, -0.1) is 0 Å². The second-order valence-corrected chi connectivity index (χ2v) is 7.44. The van der Waals surface area contributed by atoms with Crippen LogP contribution in [-0.2, 0) is 24.3 Å². The average Bonchev–Trinajstić information content (AvgIpc) is 2.95. The van der Waals surface area contributed by atoms with Gasteiger partial charge in [0.05, 0.1) is 5.92 Å². The first kappa shape index (κ1) is 17.2. The maximum absolute atomic E-state index is 13.0. The number of amides is 1. The van der Waals surface area contributed by atoms with Crippen LogP contribution in [-0.4, -0.2) is 44.8 Å². The number of aryl methyl sites for hydroxylation is 1. The number of benzene rings is 1. The Morgan fingerprint density at radius 2 is 1.77 bits per heavy atom. The number of piperidine rings is 1. The molecule has 1 amide bonds. The third-order valence-corrected chi connectivity index (χ3v) is 5.55. The maximum Gasteiger partial charge on any atom is 0.227 e. The molecule has 0 saturated carbocycles. The Morgan fingerprint density at radius 1 is 1.00 bits per heavy atom. The van der Waals surface area contributed by atoms with Crippen molar-refractivity contribution in [2.45, 2.75) is 45.3 Å². The summed E-state index contributed by atoms with van der Waals surface area (Å²) in [6, 6.07) is 10.6. The smallest absolute Gasteiger partial charge is 0.227 e. The van der Waals surface area contributed by atoms with E-state index >= 15 is 0 Å². The molecule has 26 heavy (non-hydrogen) atoms. The highest BCUT2D eigenvalue weighted by atomic mass is 16.2. The number of carbonyl (C=O) groups excluding carboxylic acids is 1. The molecular weight excluding hydrogens is 324 g/mol. The Morgan fingerprint density at radius 3 is 2.50 bits per heavy atom. The lowest BCUT2D eigenvalue weighted by molar-refractivity contribution is -0.140. The lowest BCUT2D eigenvalue weighted by Crippen LogP contribution is -2.47. The first-order valence-electron chi connectivity index (χ1n) is 9.59. The SMILES string of the molecule is CCc1ncc(CN2C[C@H]3CC[C@@H](C2)N(Cc2ccccc2)C3=O)cn1. The van der Waals surface area contributed by atoms with E-state index in [1.807, 2.05) is 30.6 Å². The van der Waals surface area contributed by atoms with Gasteiger partial charge in [0.2, 0.25) is 5.91 Å². The number of nitrogens with zero attached hydrogens (tertiary/aromatic N) is 4. The summed E-state index contributed by atoms with van der Waals surface area (Å²) in [4.78, 5) is 26.3. The Hall–Kier alpha value is -2.27. The largest absolute Gasteiger partial charge is 0.334 e. The second kappa shape index (κ2) is 7.54. The molecule has 2 aromatic rings. The summed E-state index contributed by atoms with van der Waals surface area (Å²) in [6.45, 7) is 5.39. The molecule has 0 radical (unpaired) electrons. The van der Waals surface area contributed by atoms with Crippen LogP contribution < -0.4 is 0 Å². The zero-order valence-electron chi connectivity index (χ0n) is 15.3. The minimum absolute atomic E-state index is 0.119. The summed E-state index contributed by atoms with van der Waals surface area (Å²) in [5, 5.41) is 0. The highest BCUT2D eigenvalue weighted by Crippen LogP contribution is 2.31. The summed E-state index contributed by atoms with van der Waals surface area (Å²) in [6.07, 6.45) is 6.84. The quantitative estimate of drug-likeness (QED) is 0.832. The van der Waals surface area contributed by atoms with Crippen molar-refractivity contribution in [3.05, 3.63) is 59.7 Å². The van der Waals surface area contributed by atoms with Gasteiger partial charge in [-0.25, -0.2) is 9.97 Å². The summed E-state index contributed by atoms with van der Waals surface area (Å²) in [5.74, 6) is 1.33. The molecule has 0 N–H and O–H groups in total. The van der Waals surface area contributed by atoms with E-state index in [1.165, 1.54) is 5.56 Å². The minimum Gasteiger partial charge on any atom is -0.334 e. The van der Waals surface area contributed by atoms with Gasteiger partial charge in [-0.3, -0.25) is 9.69 Å². The van der Waals surface area contributed by atoms with Crippen molar-refractivity contribution >= 4 is 5.91 Å². The van der Waals surface area contributed by atoms with Gasteiger partial charge in [0.25, 0.3) is 0 Å². The predicted octanol–water partition coefficient (Wildman–Crippen LogP) is 2.66. The van der Waals surface area contributed by atoms with Gasteiger partial charge in [0.15, 0.2) is 0 Å². The van der Waals surface area contributed by atoms with E-state index in [9.17, 15) is 4.79 Å². The molecule has 3 saturated heterocycles. The van der Waals surface area contributed by atoms with Crippen LogP contribution in [0.15, 0.2) is 42.7 Å². The maximum atomic E-state index is 13.0. The van der Waals surface area contributed by atoms with Gasteiger partial charge < -0.3 is 4.90 Å². The van der Waals surface area contributed by atoms with Gasteiger partial charge in [0.1, 0.15) is 5.82 Å². The van der Waals surface area contributed by atoms with E-state index in [1.54, 1.807) is 0 Å². The van der Waals surface area contributed by atoms with E-state index in [0.29, 0.717) is 11.9 Å². The number of fused-ring (bicyclic) bond motifs is 4. The van der Waals surface area contributed by atoms with Crippen molar-refractivity contribution in [2.75, 3.05) is 13.1 Å². The summed E-state index contributed by atoms with van der Waals surface area (Å²) in [7, 11) is 0. The fraction of sp³-hybridized carbons (Fsp3) is 0.476. The Bertz CT molecular complexity index is 746. The third kappa shape index (κ3) is 3.63. The molecule has 1 aromatic carbocycles. The monoisotopic (exact) mass is 350 g/mol. The van der Waals surface area contributed by atoms with E-state index in [4.69, 9.17) is 0 Å². The molecule has 4 heterocycles. The van der Waals surface area contributed by atoms with Crippen LogP contribution in [0.4, 0.5) is 0 Å². The van der Waals surface area contributed by atoms with Crippen molar-refractivity contribution in [1.29, 1.82) is 0 Å². The normalized spacial score (nSPS) is 23.3. The average molecular weight is 350 g/mol. The highest BCUT2D eigenvalue weighted by molar-refractivity contribution is 5.80. The third-order valence-electron chi connectivity index (χ3n) is 5.55. The lowest BCUT2D eigenvalue weighted by atomic mass is 9.93. The molecule has 1 aromatic heterocycles. The standard InChI is InChI=1S/C21H26N4O/c1-2-20-22-10-17(11-23-20)12-24-14-18-8-9-19(15-24)25(21(18)26)13-16-6-4-3-5-7-16/h3-7,10-11,18-19H,2,8-9,12-15H2,1H3/t18-,19+/m1/s1. The minimum atomic E-state index is 0.119. The summed E-state index contributed by atoms with van der Waals surface area (Å²) < 4.78 is 0. The zero-order valence-corrected chi connectivity index (χ0v) is 15.3. The van der Waals surface area contributed by atoms with Gasteiger partial charge in [-0.1, -0.05) is 37.3 Å². The fourth-order valence-corrected chi connectivity index (χ4v) is 4.15. The molecule has 2 atom stereocenters. The van der Waals surface area contributed by atoms with Crippen molar-refractivity contribution in [3.63, 3.8) is 0 Å². The van der Waals surface area contributed by atoms with Gasteiger partial charge in [-0.2, -0.15) is 0 Å². The molecule has 136 valence electrons. The van der Waals surface area contributed by atoms with Crippen LogP contribution >= 0.6 is 0 Å². The van der Waals surface area contributed by atoms with Crippen LogP contribution in [0.25, 0.3) is 0 Å². The summed E-state index contributed by atoms with van der Waals surface area (Å²) in [5.41, 5.74) is 2.34. The molecule has 2 bridgehead atoms. The Kier molecular flexibility index (Phi) is 4.98. The molecular formula is C21H26N4O. The fourth-order valence-electron chi connectivity index (χ4n) is 4.15. The number of hydrogen-bond acceptors (Lipinski definition) is 4. The number of hydrogen-bond donors (Lipinski definition) is 0. The Balaban J connectivity index is 1.47. The zero-order chi connectivity index (χ0) is 17.9. The first-order valence-corrected chi connectivity index (χ1v) is 9.59. The van der Waals surface area contributed by atoms with Gasteiger partial charge >= 0.3 is 0 Å². The van der Waals surface area contributed by atoms with Crippen molar-refractivity contribution in [1.82, 2.24) is 19.8 Å². The first-order chi connectivity index (χ1) is 12.7. The van der Waals surface area contributed by atoms with Crippen molar-refractivity contribution in [2.24, 2.45) is 5.92 Å². The summed E-state index contributed by atoms with van der Waals surface area (Å²) >= 11 is 0. The molecule has 3 aliphatic rings. The van der Waals surface area contributed by atoms with Crippen LogP contribution in [0.5, 0.6) is 0 Å². The van der Waals surface area contributed by atoms with E-state index in [0.717, 1.165) is 56.8 Å². The van der Waals surface area contributed by atoms with Crippen LogP contribution in [0.3, 0.4) is 0 Å². The Labute approximate surface area is 155 Å². The second-order valence-electron chi connectivity index (χ2n) is 7.44. The predicted molar refractivity (Wildman–Crippen MR) is 100 cm³/mol. The van der Waals surface area contributed by atoms with Gasteiger partial charge in [0, 0.05) is 56.6 Å². The number of carbonyl (C=O) groups is 1. The van der Waals surface area contributed by atoms with Crippen LogP contribution in [0, 0.1) is 5.92 Å². The van der Waals surface area contributed by atoms with E-state index < -0.39 is 0 Å². The van der Waals surface area contributed by atoms with Crippen molar-refractivity contribution in [3.8, 4) is 0 Å². The molecule has 3 aliphatic heterocycles. The topological polar surface area (TPSA) is 49.3 Å². The van der Waals surface area contributed by atoms with E-state index in [2.05, 4.69) is 38.8 Å². The number of rotatable bonds is 5. The molecule has 5 nitrogen and oxygen atoms in total. The van der Waals surface area contributed by atoms with E-state index in [-0.39, 0.29) is 5.92 Å². The van der Waals surface area contributed by atoms with Crippen LogP contribution in [0.2, 0.25) is 0 Å². The molecule has 3 fully saturated rings. The molecule has 5 heteroatoms. The molecule has 0 spiro atoms. The van der Waals surface area contributed by atoms with Crippen molar-refractivity contribution < 1.29 is 4.79 Å².